The van der Waals surface area contributed by atoms with Crippen LogP contribution >= 0.6 is 0 Å². The molecule has 0 heterocycles. The second kappa shape index (κ2) is 18.0. The third-order valence-electron chi connectivity index (χ3n) is 3.35. The Morgan fingerprint density at radius 2 is 1.09 bits per heavy atom. The predicted molar refractivity (Wildman–Crippen MR) is 88.0 cm³/mol. The van der Waals surface area contributed by atoms with Crippen molar-refractivity contribution < 1.29 is 24.9 Å². The van der Waals surface area contributed by atoms with Gasteiger partial charge in [-0.2, -0.15) is 0 Å². The van der Waals surface area contributed by atoms with Crippen molar-refractivity contribution in [2.75, 3.05) is 0 Å². The highest BCUT2D eigenvalue weighted by Gasteiger charge is 2.01. The van der Waals surface area contributed by atoms with E-state index >= 15 is 0 Å². The van der Waals surface area contributed by atoms with Crippen molar-refractivity contribution in [3.8, 4) is 0 Å². The maximum absolute atomic E-state index is 10.3. The van der Waals surface area contributed by atoms with Crippen molar-refractivity contribution in [3.63, 3.8) is 0 Å². The van der Waals surface area contributed by atoms with Crippen LogP contribution in [0.2, 0.25) is 0 Å². The third-order valence-corrected chi connectivity index (χ3v) is 3.35. The molecule has 1 unspecified atom stereocenters. The molecule has 0 bridgehead atoms. The summed E-state index contributed by atoms with van der Waals surface area (Å²) in [6.07, 6.45) is 13.1. The Morgan fingerprint density at radius 1 is 0.773 bits per heavy atom. The van der Waals surface area contributed by atoms with E-state index in [9.17, 15) is 9.59 Å². The molecule has 0 aliphatic heterocycles. The number of aliphatic hydroxyl groups excluding tert-OH is 1. The van der Waals surface area contributed by atoms with Crippen LogP contribution in [0.15, 0.2) is 0 Å². The largest absolute Gasteiger partial charge is 0.481 e. The zero-order valence-electron chi connectivity index (χ0n) is 14.2. The number of unbranched alkanes of at least 4 members (excludes halogenated alkanes) is 10. The van der Waals surface area contributed by atoms with E-state index in [4.69, 9.17) is 15.3 Å². The molecule has 0 aromatic rings. The summed E-state index contributed by atoms with van der Waals surface area (Å²) in [6, 6.07) is 0. The van der Waals surface area contributed by atoms with Gasteiger partial charge in [-0.05, 0) is 13.3 Å². The summed E-state index contributed by atoms with van der Waals surface area (Å²) in [5.41, 5.74) is 0. The first kappa shape index (κ1) is 23.2. The van der Waals surface area contributed by atoms with Crippen molar-refractivity contribution >= 4 is 11.9 Å². The number of hydrogen-bond acceptors (Lipinski definition) is 3. The SMILES string of the molecule is CC(O)C(=O)O.CCCCCCCCCCCCCC(=O)O. The van der Waals surface area contributed by atoms with E-state index in [1.165, 1.54) is 64.7 Å². The van der Waals surface area contributed by atoms with Gasteiger partial charge in [-0.3, -0.25) is 4.79 Å². The molecule has 0 aliphatic carbocycles. The number of carboxylic acids is 2. The summed E-state index contributed by atoms with van der Waals surface area (Å²) in [7, 11) is 0. The highest BCUT2D eigenvalue weighted by atomic mass is 16.4. The highest BCUT2D eigenvalue weighted by molar-refractivity contribution is 5.71. The minimum atomic E-state index is -1.23. The van der Waals surface area contributed by atoms with E-state index in [0.29, 0.717) is 6.42 Å². The molecule has 5 heteroatoms. The van der Waals surface area contributed by atoms with Crippen molar-refractivity contribution in [2.24, 2.45) is 0 Å². The van der Waals surface area contributed by atoms with Crippen molar-refractivity contribution in [3.05, 3.63) is 0 Å². The van der Waals surface area contributed by atoms with Gasteiger partial charge < -0.3 is 15.3 Å². The Kier molecular flexibility index (Phi) is 18.9. The van der Waals surface area contributed by atoms with Gasteiger partial charge in [0.05, 0.1) is 0 Å². The quantitative estimate of drug-likeness (QED) is 0.442. The number of rotatable bonds is 13. The standard InChI is InChI=1S/C14H28O2.C3H6O3/c1-2-3-4-5-6-7-8-9-10-11-12-13-14(15)16;1-2(4)3(5)6/h2-13H2,1H3,(H,15,16);2,4H,1H3,(H,5,6). The van der Waals surface area contributed by atoms with Crippen LogP contribution in [0.25, 0.3) is 0 Å². The summed E-state index contributed by atoms with van der Waals surface area (Å²) < 4.78 is 0. The van der Waals surface area contributed by atoms with Crippen LogP contribution in [0.4, 0.5) is 0 Å². The molecule has 0 saturated carbocycles. The molecule has 0 saturated heterocycles. The number of hydrogen-bond donors (Lipinski definition) is 3. The van der Waals surface area contributed by atoms with Gasteiger partial charge in [-0.1, -0.05) is 71.1 Å². The van der Waals surface area contributed by atoms with Crippen molar-refractivity contribution in [1.82, 2.24) is 0 Å². The lowest BCUT2D eigenvalue weighted by Crippen LogP contribution is -2.13. The fraction of sp³-hybridized carbons (Fsp3) is 0.882. The van der Waals surface area contributed by atoms with Gasteiger partial charge >= 0.3 is 11.9 Å². The van der Waals surface area contributed by atoms with Crippen LogP contribution in [-0.4, -0.2) is 33.4 Å². The van der Waals surface area contributed by atoms with E-state index in [0.717, 1.165) is 12.8 Å². The second-order valence-electron chi connectivity index (χ2n) is 5.69. The predicted octanol–water partition coefficient (Wildman–Crippen LogP) is 4.22. The molecular weight excluding hydrogens is 284 g/mol. The average Bonchev–Trinajstić information content (AvgIpc) is 2.45. The Labute approximate surface area is 134 Å². The monoisotopic (exact) mass is 318 g/mol. The zero-order valence-corrected chi connectivity index (χ0v) is 14.2. The summed E-state index contributed by atoms with van der Waals surface area (Å²) in [6.45, 7) is 3.44. The van der Waals surface area contributed by atoms with Gasteiger partial charge in [0.25, 0.3) is 0 Å². The maximum Gasteiger partial charge on any atom is 0.332 e. The molecule has 0 aromatic carbocycles. The molecule has 5 nitrogen and oxygen atoms in total. The Hall–Kier alpha value is -1.10. The summed E-state index contributed by atoms with van der Waals surface area (Å²) in [4.78, 5) is 19.7. The van der Waals surface area contributed by atoms with Crippen molar-refractivity contribution in [2.45, 2.75) is 97.0 Å². The Morgan fingerprint density at radius 3 is 1.36 bits per heavy atom. The molecule has 3 N–H and O–H groups in total. The van der Waals surface area contributed by atoms with E-state index < -0.39 is 18.0 Å². The third kappa shape index (κ3) is 24.0. The molecule has 0 fully saturated rings. The molecule has 0 radical (unpaired) electrons. The molecule has 0 amide bonds. The fourth-order valence-electron chi connectivity index (χ4n) is 1.94. The highest BCUT2D eigenvalue weighted by Crippen LogP contribution is 2.11. The van der Waals surface area contributed by atoms with E-state index in [1.807, 2.05) is 0 Å². The number of carboxylic acid groups (broad SMARTS) is 2. The van der Waals surface area contributed by atoms with Gasteiger partial charge in [-0.25, -0.2) is 4.79 Å². The van der Waals surface area contributed by atoms with Gasteiger partial charge in [0.2, 0.25) is 0 Å². The minimum Gasteiger partial charge on any atom is -0.481 e. The Bertz CT molecular complexity index is 264. The van der Waals surface area contributed by atoms with Gasteiger partial charge in [0.15, 0.2) is 0 Å². The van der Waals surface area contributed by atoms with E-state index in [2.05, 4.69) is 6.92 Å². The van der Waals surface area contributed by atoms with Crippen molar-refractivity contribution in [1.29, 1.82) is 0 Å². The lowest BCUT2D eigenvalue weighted by atomic mass is 10.1. The first-order valence-corrected chi connectivity index (χ1v) is 8.54. The summed E-state index contributed by atoms with van der Waals surface area (Å²) >= 11 is 0. The molecule has 22 heavy (non-hydrogen) atoms. The van der Waals surface area contributed by atoms with Crippen LogP contribution in [0, 0.1) is 0 Å². The fourth-order valence-corrected chi connectivity index (χ4v) is 1.94. The number of aliphatic hydroxyl groups is 1. The lowest BCUT2D eigenvalue weighted by molar-refractivity contribution is -0.145. The van der Waals surface area contributed by atoms with Crippen LogP contribution in [0.5, 0.6) is 0 Å². The first-order chi connectivity index (χ1) is 10.4. The molecule has 0 rings (SSSR count). The molecule has 132 valence electrons. The maximum atomic E-state index is 10.3. The molecule has 0 aromatic heterocycles. The zero-order chi connectivity index (χ0) is 17.2. The first-order valence-electron chi connectivity index (χ1n) is 8.54. The molecule has 0 aliphatic rings. The average molecular weight is 318 g/mol. The second-order valence-corrected chi connectivity index (χ2v) is 5.69. The van der Waals surface area contributed by atoms with Crippen LogP contribution in [0.3, 0.4) is 0 Å². The molecule has 1 atom stereocenters. The van der Waals surface area contributed by atoms with E-state index in [1.54, 1.807) is 0 Å². The molecule has 0 spiro atoms. The summed E-state index contributed by atoms with van der Waals surface area (Å²) in [5, 5.41) is 24.2. The Balaban J connectivity index is 0. The minimum absolute atomic E-state index is 0.344. The van der Waals surface area contributed by atoms with E-state index in [-0.39, 0.29) is 0 Å². The smallest absolute Gasteiger partial charge is 0.332 e. The number of carbonyl (C=O) groups is 2. The molecular formula is C17H34O5. The van der Waals surface area contributed by atoms with Gasteiger partial charge in [-0.15, -0.1) is 0 Å². The van der Waals surface area contributed by atoms with Crippen LogP contribution in [0.1, 0.15) is 90.9 Å². The van der Waals surface area contributed by atoms with Crippen LogP contribution < -0.4 is 0 Å². The topological polar surface area (TPSA) is 94.8 Å². The normalized spacial score (nSPS) is 11.4. The summed E-state index contributed by atoms with van der Waals surface area (Å²) in [5.74, 6) is -1.84. The number of aliphatic carboxylic acids is 2. The lowest BCUT2D eigenvalue weighted by Gasteiger charge is -2.01. The van der Waals surface area contributed by atoms with Gasteiger partial charge in [0.1, 0.15) is 6.10 Å². The van der Waals surface area contributed by atoms with Gasteiger partial charge in [0, 0.05) is 6.42 Å². The van der Waals surface area contributed by atoms with Crippen LogP contribution in [-0.2, 0) is 9.59 Å².